The molecule has 3 aromatic carbocycles. The fraction of sp³-hybridized carbons (Fsp3) is 0.444. The number of hydrogen-bond donors (Lipinski definition) is 5. The fourth-order valence-corrected chi connectivity index (χ4v) is 9.94. The van der Waals surface area contributed by atoms with Crippen molar-refractivity contribution in [1.82, 2.24) is 5.32 Å². The third-order valence-electron chi connectivity index (χ3n) is 13.2. The summed E-state index contributed by atoms with van der Waals surface area (Å²) in [5.41, 5.74) is -6.86. The molecule has 312 valence electrons. The number of rotatable bonds is 9. The molecule has 1 aliphatic heterocycles. The second kappa shape index (κ2) is 15.4. The van der Waals surface area contributed by atoms with Gasteiger partial charge in [0.2, 0.25) is 0 Å². The highest BCUT2D eigenvalue weighted by molar-refractivity contribution is 5.95. The van der Waals surface area contributed by atoms with Crippen LogP contribution in [0.25, 0.3) is 0 Å². The van der Waals surface area contributed by atoms with E-state index in [4.69, 9.17) is 18.9 Å². The van der Waals surface area contributed by atoms with Crippen molar-refractivity contribution in [3.05, 3.63) is 119 Å². The Morgan fingerprint density at radius 3 is 2.00 bits per heavy atom. The lowest BCUT2D eigenvalue weighted by atomic mass is 9.44. The Morgan fingerprint density at radius 1 is 0.864 bits per heavy atom. The molecular formula is C45H49NO13. The molecule has 3 aromatic rings. The Labute approximate surface area is 341 Å². The highest BCUT2D eigenvalue weighted by atomic mass is 16.6. The van der Waals surface area contributed by atoms with Crippen LogP contribution in [-0.4, -0.2) is 104 Å². The molecule has 59 heavy (non-hydrogen) atoms. The molecule has 14 nitrogen and oxygen atoms in total. The number of hydrogen-bond acceptors (Lipinski definition) is 13. The van der Waals surface area contributed by atoms with Crippen LogP contribution >= 0.6 is 0 Å². The fourth-order valence-electron chi connectivity index (χ4n) is 9.94. The van der Waals surface area contributed by atoms with Crippen molar-refractivity contribution >= 4 is 29.6 Å². The first-order chi connectivity index (χ1) is 27.9. The second-order valence-corrected chi connectivity index (χ2v) is 16.8. The third-order valence-corrected chi connectivity index (χ3v) is 13.2. The lowest BCUT2D eigenvalue weighted by Gasteiger charge is -2.67. The van der Waals surface area contributed by atoms with Gasteiger partial charge in [0.05, 0.1) is 35.6 Å². The summed E-state index contributed by atoms with van der Waals surface area (Å²) in [6, 6.07) is 23.1. The van der Waals surface area contributed by atoms with Crippen molar-refractivity contribution in [3.63, 3.8) is 0 Å². The number of Topliss-reactive ketones (excluding diaryl/α,β-unsaturated/α-hetero) is 1. The number of amides is 1. The van der Waals surface area contributed by atoms with Gasteiger partial charge in [-0.05, 0) is 54.8 Å². The first-order valence-electron chi connectivity index (χ1n) is 19.6. The first kappa shape index (κ1) is 41.9. The van der Waals surface area contributed by atoms with Gasteiger partial charge < -0.3 is 44.7 Å². The molecule has 0 aromatic heterocycles. The van der Waals surface area contributed by atoms with Crippen LogP contribution in [0.4, 0.5) is 0 Å². The molecule has 1 amide bonds. The third kappa shape index (κ3) is 6.76. The molecule has 0 spiro atoms. The molecule has 14 heteroatoms. The van der Waals surface area contributed by atoms with E-state index < -0.39 is 107 Å². The van der Waals surface area contributed by atoms with Crippen LogP contribution in [0, 0.1) is 16.7 Å². The molecule has 3 aliphatic carbocycles. The van der Waals surface area contributed by atoms with E-state index in [0.29, 0.717) is 5.56 Å². The summed E-state index contributed by atoms with van der Waals surface area (Å²) in [5.74, 6) is -5.89. The van der Waals surface area contributed by atoms with E-state index in [0.717, 1.165) is 6.92 Å². The van der Waals surface area contributed by atoms with Crippen molar-refractivity contribution < 1.29 is 63.3 Å². The van der Waals surface area contributed by atoms with Gasteiger partial charge in [0.15, 0.2) is 17.5 Å². The lowest BCUT2D eigenvalue weighted by Crippen LogP contribution is -2.81. The summed E-state index contributed by atoms with van der Waals surface area (Å²) in [7, 11) is 0. The smallest absolute Gasteiger partial charge is 0.338 e. The number of aliphatic hydroxyl groups is 4. The minimum atomic E-state index is -2.35. The predicted octanol–water partition coefficient (Wildman–Crippen LogP) is 3.16. The molecule has 7 rings (SSSR count). The van der Waals surface area contributed by atoms with E-state index in [9.17, 15) is 44.4 Å². The molecule has 4 aliphatic rings. The second-order valence-electron chi connectivity index (χ2n) is 16.8. The van der Waals surface area contributed by atoms with Crippen molar-refractivity contribution in [2.75, 3.05) is 6.61 Å². The number of carbonyl (C=O) groups is 5. The first-order valence-corrected chi connectivity index (χ1v) is 19.6. The number of esters is 3. The number of aliphatic hydroxyl groups excluding tert-OH is 3. The van der Waals surface area contributed by atoms with Crippen LogP contribution in [0.5, 0.6) is 0 Å². The summed E-state index contributed by atoms with van der Waals surface area (Å²) >= 11 is 0. The maximum Gasteiger partial charge on any atom is 0.338 e. The highest BCUT2D eigenvalue weighted by Gasteiger charge is 2.78. The number of nitrogens with one attached hydrogen (secondary N) is 1. The molecule has 2 bridgehead atoms. The quantitative estimate of drug-likeness (QED) is 0.120. The van der Waals surface area contributed by atoms with E-state index in [1.807, 2.05) is 0 Å². The normalized spacial score (nSPS) is 33.0. The predicted molar refractivity (Wildman–Crippen MR) is 208 cm³/mol. The molecule has 0 unspecified atom stereocenters. The van der Waals surface area contributed by atoms with Gasteiger partial charge >= 0.3 is 17.9 Å². The average Bonchev–Trinajstić information content (AvgIpc) is 3.21. The van der Waals surface area contributed by atoms with E-state index in [2.05, 4.69) is 5.32 Å². The SMILES string of the molecule is CC(=O)O[C@]12CO[C@@H]1C[C@H](O)[C@]1(C)C(=O)[C@H](O)C3=C(C)[C@H](OC(=O)[C@H](O)[C@H](NC(=O)c4ccccc4)c4ccccc4)C[C@@](O)([C@@H](OC(=O)c4ccccc4)[C@H]21)C3(C)C. The van der Waals surface area contributed by atoms with Crippen LogP contribution in [0.1, 0.15) is 79.8 Å². The Hall–Kier alpha value is -5.25. The van der Waals surface area contributed by atoms with Gasteiger partial charge in [-0.25, -0.2) is 9.59 Å². The van der Waals surface area contributed by atoms with Gasteiger partial charge in [0.25, 0.3) is 5.91 Å². The molecule has 11 atom stereocenters. The molecular weight excluding hydrogens is 762 g/mol. The van der Waals surface area contributed by atoms with Crippen molar-refractivity contribution in [3.8, 4) is 0 Å². The number of benzene rings is 3. The highest BCUT2D eigenvalue weighted by Crippen LogP contribution is 2.64. The number of ketones is 1. The summed E-state index contributed by atoms with van der Waals surface area (Å²) in [5, 5.41) is 51.9. The number of ether oxygens (including phenoxy) is 4. The number of carbonyl (C=O) groups excluding carboxylic acids is 5. The Kier molecular flexibility index (Phi) is 10.9. The van der Waals surface area contributed by atoms with E-state index in [-0.39, 0.29) is 35.3 Å². The van der Waals surface area contributed by atoms with E-state index in [1.165, 1.54) is 26.0 Å². The minimum Gasteiger partial charge on any atom is -0.456 e. The van der Waals surface area contributed by atoms with Gasteiger partial charge in [-0.1, -0.05) is 80.6 Å². The van der Waals surface area contributed by atoms with Crippen molar-refractivity contribution in [2.45, 2.75) is 101 Å². The Balaban J connectivity index is 1.34. The van der Waals surface area contributed by atoms with Crippen LogP contribution < -0.4 is 5.32 Å². The van der Waals surface area contributed by atoms with Crippen molar-refractivity contribution in [1.29, 1.82) is 0 Å². The lowest BCUT2D eigenvalue weighted by molar-refractivity contribution is -0.346. The number of fused-ring (bicyclic) bond motifs is 5. The van der Waals surface area contributed by atoms with Crippen molar-refractivity contribution in [2.24, 2.45) is 16.7 Å². The summed E-state index contributed by atoms with van der Waals surface area (Å²) in [6.07, 6.45) is -10.5. The largest absolute Gasteiger partial charge is 0.456 e. The Morgan fingerprint density at radius 2 is 1.44 bits per heavy atom. The topological polar surface area (TPSA) is 215 Å². The van der Waals surface area contributed by atoms with E-state index >= 15 is 0 Å². The molecule has 1 saturated heterocycles. The standard InChI is InChI=1S/C45H49NO13/c1-24-29(57-41(54)35(50)33(26-15-9-6-10-16-26)46-39(52)27-17-11-7-12-18-27)22-45(55)38(58-40(53)28-19-13-8-14-20-28)36-43(5,37(51)34(49)32(24)42(45,3)4)30(48)21-31-44(36,23-56-31)59-25(2)47/h6-20,29-31,33-36,38,48-50,55H,21-23H2,1-5H3,(H,46,52)/t29-,30+,31-,33-,34-,35-,36+,38+,43+,44-,45-/m1/s1. The minimum absolute atomic E-state index is 0.0540. The average molecular weight is 812 g/mol. The van der Waals surface area contributed by atoms with Crippen LogP contribution in [0.15, 0.2) is 102 Å². The Bertz CT molecular complexity index is 2160. The zero-order valence-electron chi connectivity index (χ0n) is 33.4. The maximum absolute atomic E-state index is 15.0. The van der Waals surface area contributed by atoms with Gasteiger partial charge in [-0.15, -0.1) is 0 Å². The summed E-state index contributed by atoms with van der Waals surface area (Å²) in [4.78, 5) is 69.5. The van der Waals surface area contributed by atoms with Gasteiger partial charge in [-0.3, -0.25) is 14.4 Å². The molecule has 1 heterocycles. The van der Waals surface area contributed by atoms with Gasteiger partial charge in [-0.2, -0.15) is 0 Å². The summed E-state index contributed by atoms with van der Waals surface area (Å²) < 4.78 is 24.2. The molecule has 3 fully saturated rings. The van der Waals surface area contributed by atoms with Crippen LogP contribution in [0.2, 0.25) is 0 Å². The van der Waals surface area contributed by atoms with Crippen LogP contribution in [0.3, 0.4) is 0 Å². The monoisotopic (exact) mass is 811 g/mol. The zero-order valence-corrected chi connectivity index (χ0v) is 33.4. The van der Waals surface area contributed by atoms with Gasteiger partial charge in [0, 0.05) is 30.7 Å². The molecule has 0 radical (unpaired) electrons. The summed E-state index contributed by atoms with van der Waals surface area (Å²) in [6.45, 7) is 6.89. The molecule has 5 N–H and O–H groups in total. The van der Waals surface area contributed by atoms with E-state index in [1.54, 1.807) is 92.7 Å². The van der Waals surface area contributed by atoms with Crippen LogP contribution in [-0.2, 0) is 33.3 Å². The maximum atomic E-state index is 15.0. The zero-order chi connectivity index (χ0) is 42.7. The van der Waals surface area contributed by atoms with Gasteiger partial charge in [0.1, 0.15) is 30.0 Å². The molecule has 2 saturated carbocycles.